The van der Waals surface area contributed by atoms with Crippen LogP contribution in [0.3, 0.4) is 0 Å². The van der Waals surface area contributed by atoms with E-state index in [9.17, 15) is 9.90 Å². The van der Waals surface area contributed by atoms with Gasteiger partial charge in [-0.1, -0.05) is 12.1 Å². The fourth-order valence-corrected chi connectivity index (χ4v) is 2.61. The van der Waals surface area contributed by atoms with Crippen molar-refractivity contribution in [3.63, 3.8) is 0 Å². The predicted molar refractivity (Wildman–Crippen MR) is 79.5 cm³/mol. The molecule has 1 aliphatic rings. The Morgan fingerprint density at radius 1 is 1.09 bits per heavy atom. The van der Waals surface area contributed by atoms with Gasteiger partial charge in [0.25, 0.3) is 0 Å². The molecule has 0 aliphatic carbocycles. The van der Waals surface area contributed by atoms with Crippen molar-refractivity contribution in [3.8, 4) is 17.2 Å². The fourth-order valence-electron chi connectivity index (χ4n) is 2.61. The highest BCUT2D eigenvalue weighted by atomic mass is 16.5. The van der Waals surface area contributed by atoms with E-state index in [1.807, 2.05) is 24.3 Å². The summed E-state index contributed by atoms with van der Waals surface area (Å²) in [6.07, 6.45) is 0.0930. The molecule has 5 nitrogen and oxygen atoms in total. The van der Waals surface area contributed by atoms with Crippen molar-refractivity contribution in [2.75, 3.05) is 14.2 Å². The minimum Gasteiger partial charge on any atom is -0.507 e. The molecule has 1 heterocycles. The molecule has 22 heavy (non-hydrogen) atoms. The third-order valence-electron chi connectivity index (χ3n) is 3.75. The van der Waals surface area contributed by atoms with Crippen molar-refractivity contribution in [3.05, 3.63) is 53.1 Å². The zero-order chi connectivity index (χ0) is 15.7. The van der Waals surface area contributed by atoms with Gasteiger partial charge in [0.1, 0.15) is 28.9 Å². The normalized spacial score (nSPS) is 16.6. The number of aromatic hydroxyl groups is 1. The van der Waals surface area contributed by atoms with Gasteiger partial charge in [-0.3, -0.25) is 0 Å². The summed E-state index contributed by atoms with van der Waals surface area (Å²) in [6, 6.07) is 10.5. The number of phenols is 1. The number of rotatable bonds is 3. The second kappa shape index (κ2) is 5.60. The summed E-state index contributed by atoms with van der Waals surface area (Å²) in [4.78, 5) is 12.2. The van der Waals surface area contributed by atoms with Crippen molar-refractivity contribution in [2.24, 2.45) is 0 Å². The monoisotopic (exact) mass is 300 g/mol. The van der Waals surface area contributed by atoms with Gasteiger partial charge in [0.15, 0.2) is 0 Å². The highest BCUT2D eigenvalue weighted by Gasteiger charge is 2.30. The number of esters is 1. The van der Waals surface area contributed by atoms with Crippen LogP contribution >= 0.6 is 0 Å². The molecule has 0 saturated carbocycles. The molecule has 2 aromatic rings. The second-order valence-corrected chi connectivity index (χ2v) is 5.05. The first-order chi connectivity index (χ1) is 10.6. The van der Waals surface area contributed by atoms with Crippen LogP contribution < -0.4 is 9.47 Å². The highest BCUT2D eigenvalue weighted by Crippen LogP contribution is 2.37. The Hall–Kier alpha value is -2.69. The van der Waals surface area contributed by atoms with Crippen molar-refractivity contribution in [1.82, 2.24) is 0 Å². The molecule has 1 aliphatic heterocycles. The van der Waals surface area contributed by atoms with Crippen LogP contribution in [0.25, 0.3) is 0 Å². The number of hydrogen-bond acceptors (Lipinski definition) is 5. The standard InChI is InChI=1S/C17H16O5/c1-20-12-5-3-10(4-6-12)15-8-11-7-13(21-2)9-14(18)16(11)17(19)22-15/h3-7,9,15,18H,8H2,1-2H3/t15-/m1/s1. The summed E-state index contributed by atoms with van der Waals surface area (Å²) in [7, 11) is 3.12. The minimum absolute atomic E-state index is 0.118. The lowest BCUT2D eigenvalue weighted by molar-refractivity contribution is 0.0248. The molecule has 0 fully saturated rings. The third-order valence-corrected chi connectivity index (χ3v) is 3.75. The second-order valence-electron chi connectivity index (χ2n) is 5.05. The van der Waals surface area contributed by atoms with Gasteiger partial charge in [-0.2, -0.15) is 0 Å². The molecule has 0 aromatic heterocycles. The van der Waals surface area contributed by atoms with E-state index in [1.54, 1.807) is 13.2 Å². The molecular formula is C17H16O5. The van der Waals surface area contributed by atoms with E-state index in [0.29, 0.717) is 17.7 Å². The Bertz CT molecular complexity index is 706. The number of carbonyl (C=O) groups excluding carboxylic acids is 1. The Morgan fingerprint density at radius 3 is 2.41 bits per heavy atom. The molecule has 0 bridgehead atoms. The number of ether oxygens (including phenoxy) is 3. The first kappa shape index (κ1) is 14.3. The summed E-state index contributed by atoms with van der Waals surface area (Å²) < 4.78 is 15.7. The lowest BCUT2D eigenvalue weighted by Crippen LogP contribution is -2.22. The Morgan fingerprint density at radius 2 is 1.77 bits per heavy atom. The van der Waals surface area contributed by atoms with Crippen LogP contribution in [0.4, 0.5) is 0 Å². The number of phenolic OH excluding ortho intramolecular Hbond substituents is 1. The SMILES string of the molecule is COc1ccc([C@H]2Cc3cc(OC)cc(O)c3C(=O)O2)cc1. The maximum atomic E-state index is 12.2. The van der Waals surface area contributed by atoms with Crippen LogP contribution in [-0.4, -0.2) is 25.3 Å². The van der Waals surface area contributed by atoms with E-state index >= 15 is 0 Å². The van der Waals surface area contributed by atoms with E-state index in [0.717, 1.165) is 11.3 Å². The van der Waals surface area contributed by atoms with Crippen molar-refractivity contribution >= 4 is 5.97 Å². The number of benzene rings is 2. The summed E-state index contributed by atoms with van der Waals surface area (Å²) in [5, 5.41) is 9.97. The van der Waals surface area contributed by atoms with Crippen LogP contribution in [-0.2, 0) is 11.2 Å². The number of fused-ring (bicyclic) bond motifs is 1. The largest absolute Gasteiger partial charge is 0.507 e. The molecule has 3 rings (SSSR count). The van der Waals surface area contributed by atoms with E-state index < -0.39 is 12.1 Å². The summed E-state index contributed by atoms with van der Waals surface area (Å²) in [6.45, 7) is 0. The predicted octanol–water partition coefficient (Wildman–Crippen LogP) is 2.86. The molecule has 1 N–H and O–H groups in total. The maximum Gasteiger partial charge on any atom is 0.342 e. The average Bonchev–Trinajstić information content (AvgIpc) is 2.54. The topological polar surface area (TPSA) is 65.0 Å². The maximum absolute atomic E-state index is 12.2. The van der Waals surface area contributed by atoms with Crippen LogP contribution in [0.1, 0.15) is 27.6 Å². The molecule has 0 spiro atoms. The van der Waals surface area contributed by atoms with Crippen LogP contribution in [0, 0.1) is 0 Å². The smallest absolute Gasteiger partial charge is 0.342 e. The summed E-state index contributed by atoms with van der Waals surface area (Å²) in [5.74, 6) is 0.611. The Labute approximate surface area is 128 Å². The number of methoxy groups -OCH3 is 2. The zero-order valence-electron chi connectivity index (χ0n) is 12.3. The third kappa shape index (κ3) is 2.45. The van der Waals surface area contributed by atoms with Crippen LogP contribution in [0.5, 0.6) is 17.2 Å². The van der Waals surface area contributed by atoms with E-state index in [1.165, 1.54) is 13.2 Å². The van der Waals surface area contributed by atoms with Gasteiger partial charge in [0, 0.05) is 12.5 Å². The quantitative estimate of drug-likeness (QED) is 0.883. The fraction of sp³-hybridized carbons (Fsp3) is 0.235. The van der Waals surface area contributed by atoms with Crippen LogP contribution in [0.15, 0.2) is 36.4 Å². The number of hydrogen-bond donors (Lipinski definition) is 1. The van der Waals surface area contributed by atoms with Gasteiger partial charge < -0.3 is 19.3 Å². The first-order valence-corrected chi connectivity index (χ1v) is 6.87. The minimum atomic E-state index is -0.526. The Balaban J connectivity index is 1.95. The van der Waals surface area contributed by atoms with Gasteiger partial charge in [0.05, 0.1) is 14.2 Å². The van der Waals surface area contributed by atoms with Gasteiger partial charge in [-0.05, 0) is 29.3 Å². The van der Waals surface area contributed by atoms with Gasteiger partial charge in [0.2, 0.25) is 0 Å². The number of cyclic esters (lactones) is 1. The molecule has 0 amide bonds. The summed E-state index contributed by atoms with van der Waals surface area (Å²) >= 11 is 0. The zero-order valence-corrected chi connectivity index (χ0v) is 12.3. The van der Waals surface area contributed by atoms with E-state index in [2.05, 4.69) is 0 Å². The molecular weight excluding hydrogens is 284 g/mol. The van der Waals surface area contributed by atoms with E-state index in [-0.39, 0.29) is 11.3 Å². The molecule has 0 unspecified atom stereocenters. The highest BCUT2D eigenvalue weighted by molar-refractivity contribution is 5.95. The molecule has 5 heteroatoms. The molecule has 0 radical (unpaired) electrons. The lowest BCUT2D eigenvalue weighted by atomic mass is 9.94. The van der Waals surface area contributed by atoms with Crippen LogP contribution in [0.2, 0.25) is 0 Å². The summed E-state index contributed by atoms with van der Waals surface area (Å²) in [5.41, 5.74) is 1.81. The molecule has 2 aromatic carbocycles. The van der Waals surface area contributed by atoms with Gasteiger partial charge >= 0.3 is 5.97 Å². The molecule has 1 atom stereocenters. The first-order valence-electron chi connectivity index (χ1n) is 6.87. The van der Waals surface area contributed by atoms with Crippen molar-refractivity contribution < 1.29 is 24.1 Å². The lowest BCUT2D eigenvalue weighted by Gasteiger charge is -2.26. The van der Waals surface area contributed by atoms with Crippen molar-refractivity contribution in [1.29, 1.82) is 0 Å². The molecule has 114 valence electrons. The molecule has 0 saturated heterocycles. The average molecular weight is 300 g/mol. The van der Waals surface area contributed by atoms with Gasteiger partial charge in [-0.15, -0.1) is 0 Å². The Kier molecular flexibility index (Phi) is 3.63. The van der Waals surface area contributed by atoms with Gasteiger partial charge in [-0.25, -0.2) is 4.79 Å². The van der Waals surface area contributed by atoms with Crippen molar-refractivity contribution in [2.45, 2.75) is 12.5 Å². The van der Waals surface area contributed by atoms with E-state index in [4.69, 9.17) is 14.2 Å². The number of carbonyl (C=O) groups is 1.